The van der Waals surface area contributed by atoms with Crippen LogP contribution in [-0.2, 0) is 0 Å². The molecular formula is C44H58Cl2O6. The number of hydrogen-bond acceptors (Lipinski definition) is 4. The van der Waals surface area contributed by atoms with Gasteiger partial charge < -0.3 is 20.4 Å². The number of carboxylic acids is 2. The van der Waals surface area contributed by atoms with Gasteiger partial charge in [-0.1, -0.05) is 83.2 Å². The van der Waals surface area contributed by atoms with Gasteiger partial charge in [0.2, 0.25) is 0 Å². The van der Waals surface area contributed by atoms with E-state index >= 15 is 0 Å². The summed E-state index contributed by atoms with van der Waals surface area (Å²) in [6, 6.07) is 5.69. The van der Waals surface area contributed by atoms with Crippen molar-refractivity contribution in [1.29, 1.82) is 0 Å². The Morgan fingerprint density at radius 2 is 1.37 bits per heavy atom. The molecule has 4 saturated carbocycles. The molecule has 0 amide bonds. The van der Waals surface area contributed by atoms with Gasteiger partial charge in [-0.05, 0) is 163 Å². The maximum atomic E-state index is 12.0. The van der Waals surface area contributed by atoms with E-state index in [0.29, 0.717) is 39.4 Å². The van der Waals surface area contributed by atoms with E-state index in [4.69, 9.17) is 23.2 Å². The fourth-order valence-corrected chi connectivity index (χ4v) is 12.5. The number of carboxylic acid groups (broad SMARTS) is 2. The topological polar surface area (TPSA) is 115 Å². The van der Waals surface area contributed by atoms with Gasteiger partial charge in [0.05, 0.1) is 10.0 Å². The molecular weight excluding hydrogens is 695 g/mol. The van der Waals surface area contributed by atoms with Crippen molar-refractivity contribution in [2.75, 3.05) is 0 Å². The Bertz CT molecular complexity index is 1640. The van der Waals surface area contributed by atoms with Crippen LogP contribution in [0.3, 0.4) is 0 Å². The number of fused-ring (bicyclic) bond motifs is 5. The number of benzene rings is 2. The van der Waals surface area contributed by atoms with Gasteiger partial charge in [-0.15, -0.1) is 0 Å². The molecule has 4 aliphatic rings. The molecule has 52 heavy (non-hydrogen) atoms. The van der Waals surface area contributed by atoms with Crippen molar-refractivity contribution in [3.05, 3.63) is 62.6 Å². The highest BCUT2D eigenvalue weighted by molar-refractivity contribution is 6.33. The van der Waals surface area contributed by atoms with E-state index < -0.39 is 23.4 Å². The number of aromatic carboxylic acids is 2. The predicted octanol–water partition coefficient (Wildman–Crippen LogP) is 12.4. The maximum Gasteiger partial charge on any atom is 0.339 e. The van der Waals surface area contributed by atoms with Crippen LogP contribution in [0.4, 0.5) is 0 Å². The molecule has 4 aliphatic carbocycles. The minimum atomic E-state index is -1.33. The molecule has 2 aromatic carbocycles. The minimum absolute atomic E-state index is 0.118. The van der Waals surface area contributed by atoms with Crippen LogP contribution in [0, 0.1) is 58.2 Å². The molecule has 0 heterocycles. The molecule has 0 saturated heterocycles. The van der Waals surface area contributed by atoms with E-state index in [0.717, 1.165) is 54.8 Å². The first-order chi connectivity index (χ1) is 24.5. The van der Waals surface area contributed by atoms with Crippen LogP contribution >= 0.6 is 23.2 Å². The molecule has 6 rings (SSSR count). The van der Waals surface area contributed by atoms with Crippen molar-refractivity contribution in [3.8, 4) is 11.5 Å². The number of rotatable bonds is 11. The highest BCUT2D eigenvalue weighted by Gasteiger charge is 2.60. The average molecular weight is 754 g/mol. The van der Waals surface area contributed by atoms with Crippen LogP contribution in [0.25, 0.3) is 5.57 Å². The fraction of sp³-hybridized carbons (Fsp3) is 0.636. The molecule has 284 valence electrons. The monoisotopic (exact) mass is 752 g/mol. The highest BCUT2D eigenvalue weighted by atomic mass is 35.5. The van der Waals surface area contributed by atoms with Gasteiger partial charge in [0.1, 0.15) is 22.6 Å². The largest absolute Gasteiger partial charge is 0.505 e. The first kappa shape index (κ1) is 39.0. The fourth-order valence-electron chi connectivity index (χ4n) is 12.1. The standard InChI is InChI=1S/C44H58Cl2O6/c1-24(2)7-6-8-25(3)34-13-14-35-31-12-10-29-19-26(15-17-43(29,4)36(31)16-18-44(34,35)5)9-11-30(27-20-32(41(49)50)39(47)37(45)22-27)28-21-33(42(51)52)40(48)38(46)23-28/h11,20-26,29,31,34-36,47-48H,6-10,12-19H2,1-5H3,(H,49,50)(H,51,52)/t25-,26?,29?,31+,34-,35+,36+,43+,44-/m1/s1. The predicted molar refractivity (Wildman–Crippen MR) is 208 cm³/mol. The first-order valence-electron chi connectivity index (χ1n) is 19.8. The van der Waals surface area contributed by atoms with Gasteiger partial charge in [0.25, 0.3) is 0 Å². The summed E-state index contributed by atoms with van der Waals surface area (Å²) in [6.45, 7) is 12.5. The molecule has 9 atom stereocenters. The van der Waals surface area contributed by atoms with Gasteiger partial charge in [0.15, 0.2) is 0 Å². The summed E-state index contributed by atoms with van der Waals surface area (Å²) in [5.74, 6) is 2.29. The first-order valence-corrected chi connectivity index (χ1v) is 20.5. The number of phenols is 2. The lowest BCUT2D eigenvalue weighted by molar-refractivity contribution is -0.121. The van der Waals surface area contributed by atoms with Crippen molar-refractivity contribution in [1.82, 2.24) is 0 Å². The second-order valence-corrected chi connectivity index (χ2v) is 18.8. The third-order valence-electron chi connectivity index (χ3n) is 14.8. The quantitative estimate of drug-likeness (QED) is 0.182. The lowest BCUT2D eigenvalue weighted by Gasteiger charge is -2.61. The van der Waals surface area contributed by atoms with Crippen LogP contribution in [-0.4, -0.2) is 32.4 Å². The number of hydrogen-bond donors (Lipinski definition) is 4. The lowest BCUT2D eigenvalue weighted by Crippen LogP contribution is -2.53. The van der Waals surface area contributed by atoms with Crippen molar-refractivity contribution in [3.63, 3.8) is 0 Å². The highest BCUT2D eigenvalue weighted by Crippen LogP contribution is 2.69. The summed E-state index contributed by atoms with van der Waals surface area (Å²) in [5.41, 5.74) is 1.54. The summed E-state index contributed by atoms with van der Waals surface area (Å²) in [4.78, 5) is 24.0. The molecule has 0 aromatic heterocycles. The third-order valence-corrected chi connectivity index (χ3v) is 15.4. The second-order valence-electron chi connectivity index (χ2n) is 18.0. The Hall–Kier alpha value is -2.70. The zero-order chi connectivity index (χ0) is 37.7. The van der Waals surface area contributed by atoms with Crippen LogP contribution in [0.5, 0.6) is 11.5 Å². The Kier molecular flexibility index (Phi) is 11.4. The van der Waals surface area contributed by atoms with E-state index in [9.17, 15) is 30.0 Å². The third kappa shape index (κ3) is 7.25. The number of carbonyl (C=O) groups is 2. The van der Waals surface area contributed by atoms with Crippen molar-refractivity contribution >= 4 is 40.7 Å². The molecule has 2 unspecified atom stereocenters. The average Bonchev–Trinajstić information content (AvgIpc) is 3.44. The second kappa shape index (κ2) is 15.2. The Labute approximate surface area is 320 Å². The van der Waals surface area contributed by atoms with Crippen LogP contribution in [0.1, 0.15) is 150 Å². The molecule has 4 N–H and O–H groups in total. The summed E-state index contributed by atoms with van der Waals surface area (Å²) in [6.07, 6.45) is 18.4. The van der Waals surface area contributed by atoms with Gasteiger partial charge >= 0.3 is 11.9 Å². The van der Waals surface area contributed by atoms with E-state index in [2.05, 4.69) is 34.6 Å². The SMILES string of the molecule is CC(C)CCC[C@@H](C)[C@H]1CC[C@H]2[C@@H]3CCC4CC(CC=C(c5cc(Cl)c(O)c(C(=O)O)c5)c5cc(Cl)c(O)c(C(=O)O)c5)CC[C@]4(C)[C@H]3CC[C@]12C. The van der Waals surface area contributed by atoms with Crippen LogP contribution in [0.15, 0.2) is 30.3 Å². The summed E-state index contributed by atoms with van der Waals surface area (Å²) in [5, 5.41) is 40.1. The number of aromatic hydroxyl groups is 2. The van der Waals surface area contributed by atoms with E-state index in [1.54, 1.807) is 0 Å². The van der Waals surface area contributed by atoms with E-state index in [1.807, 2.05) is 6.08 Å². The van der Waals surface area contributed by atoms with Crippen LogP contribution < -0.4 is 0 Å². The molecule has 2 aromatic rings. The van der Waals surface area contributed by atoms with Crippen molar-refractivity contribution in [2.45, 2.75) is 118 Å². The van der Waals surface area contributed by atoms with Gasteiger partial charge in [-0.2, -0.15) is 0 Å². The van der Waals surface area contributed by atoms with Gasteiger partial charge in [-0.25, -0.2) is 9.59 Å². The smallest absolute Gasteiger partial charge is 0.339 e. The summed E-state index contributed by atoms with van der Waals surface area (Å²) in [7, 11) is 0. The van der Waals surface area contributed by atoms with Crippen molar-refractivity contribution < 1.29 is 30.0 Å². The van der Waals surface area contributed by atoms with E-state index in [-0.39, 0.29) is 21.2 Å². The Morgan fingerprint density at radius 1 is 0.788 bits per heavy atom. The molecule has 0 radical (unpaired) electrons. The van der Waals surface area contributed by atoms with Gasteiger partial charge in [0, 0.05) is 0 Å². The minimum Gasteiger partial charge on any atom is -0.505 e. The van der Waals surface area contributed by atoms with Gasteiger partial charge in [-0.3, -0.25) is 0 Å². The molecule has 0 spiro atoms. The van der Waals surface area contributed by atoms with Crippen LogP contribution in [0.2, 0.25) is 10.0 Å². The van der Waals surface area contributed by atoms with E-state index in [1.165, 1.54) is 88.5 Å². The Balaban J connectivity index is 1.22. The Morgan fingerprint density at radius 3 is 1.94 bits per heavy atom. The molecule has 6 nitrogen and oxygen atoms in total. The lowest BCUT2D eigenvalue weighted by atomic mass is 9.44. The molecule has 0 aliphatic heterocycles. The number of allylic oxidation sites excluding steroid dienone is 1. The van der Waals surface area contributed by atoms with Crippen molar-refractivity contribution in [2.24, 2.45) is 58.2 Å². The zero-order valence-corrected chi connectivity index (χ0v) is 33.1. The molecule has 8 heteroatoms. The summed E-state index contributed by atoms with van der Waals surface area (Å²) >= 11 is 12.6. The molecule has 4 fully saturated rings. The number of halogens is 2. The molecule has 0 bridgehead atoms. The normalized spacial score (nSPS) is 31.7. The summed E-state index contributed by atoms with van der Waals surface area (Å²) < 4.78 is 0. The maximum absolute atomic E-state index is 12.0. The zero-order valence-electron chi connectivity index (χ0n) is 31.6.